The van der Waals surface area contributed by atoms with Crippen molar-refractivity contribution in [3.05, 3.63) is 12.2 Å². The molecule has 0 fully saturated rings. The first-order valence-electron chi connectivity index (χ1n) is 3.78. The zero-order valence-corrected chi connectivity index (χ0v) is 6.67. The Kier molecular flexibility index (Phi) is 3.11. The second-order valence-electron chi connectivity index (χ2n) is 2.60. The molecule has 1 rings (SSSR count). The summed E-state index contributed by atoms with van der Waals surface area (Å²) in [4.78, 5) is 10.7. The number of rotatable bonds is 3. The van der Waals surface area contributed by atoms with Gasteiger partial charge in [0.05, 0.1) is 13.7 Å². The largest absolute Gasteiger partial charge is 0.468 e. The highest BCUT2D eigenvalue weighted by atomic mass is 16.5. The number of hydrogen-bond donors (Lipinski definition) is 1. The van der Waals surface area contributed by atoms with Crippen molar-refractivity contribution >= 4 is 5.97 Å². The Morgan fingerprint density at radius 2 is 2.27 bits per heavy atom. The van der Waals surface area contributed by atoms with Gasteiger partial charge in [0.25, 0.3) is 0 Å². The molecule has 0 saturated heterocycles. The van der Waals surface area contributed by atoms with Gasteiger partial charge in [0.2, 0.25) is 0 Å². The van der Waals surface area contributed by atoms with E-state index >= 15 is 0 Å². The van der Waals surface area contributed by atoms with E-state index in [1.54, 1.807) is 0 Å². The van der Waals surface area contributed by atoms with Gasteiger partial charge in [0.15, 0.2) is 0 Å². The van der Waals surface area contributed by atoms with E-state index in [2.05, 4.69) is 22.2 Å². The maximum Gasteiger partial charge on any atom is 0.319 e. The summed E-state index contributed by atoms with van der Waals surface area (Å²) in [6.45, 7) is 0.322. The lowest BCUT2D eigenvalue weighted by Crippen LogP contribution is -2.32. The SMILES string of the molecule is COC(=O)CNC1CC=CC1. The molecule has 0 radical (unpaired) electrons. The van der Waals surface area contributed by atoms with Crippen molar-refractivity contribution < 1.29 is 9.53 Å². The van der Waals surface area contributed by atoms with Gasteiger partial charge >= 0.3 is 5.97 Å². The summed E-state index contributed by atoms with van der Waals surface area (Å²) in [5, 5.41) is 3.10. The lowest BCUT2D eigenvalue weighted by atomic mass is 10.2. The van der Waals surface area contributed by atoms with E-state index in [9.17, 15) is 4.79 Å². The highest BCUT2D eigenvalue weighted by Crippen LogP contribution is 2.08. The summed E-state index contributed by atoms with van der Waals surface area (Å²) in [6.07, 6.45) is 6.29. The highest BCUT2D eigenvalue weighted by molar-refractivity contribution is 5.71. The van der Waals surface area contributed by atoms with Gasteiger partial charge in [-0.25, -0.2) is 0 Å². The van der Waals surface area contributed by atoms with Crippen LogP contribution >= 0.6 is 0 Å². The van der Waals surface area contributed by atoms with Crippen molar-refractivity contribution in [2.45, 2.75) is 18.9 Å². The molecule has 0 aromatic heterocycles. The number of nitrogens with one attached hydrogen (secondary N) is 1. The van der Waals surface area contributed by atoms with Gasteiger partial charge in [-0.3, -0.25) is 4.79 Å². The standard InChI is InChI=1S/C8H13NO2/c1-11-8(10)6-9-7-4-2-3-5-7/h2-3,7,9H,4-6H2,1H3. The monoisotopic (exact) mass is 155 g/mol. The zero-order valence-electron chi connectivity index (χ0n) is 6.67. The number of ether oxygens (including phenoxy) is 1. The lowest BCUT2D eigenvalue weighted by molar-refractivity contribution is -0.139. The van der Waals surface area contributed by atoms with Gasteiger partial charge in [0, 0.05) is 6.04 Å². The zero-order chi connectivity index (χ0) is 8.10. The Labute approximate surface area is 66.4 Å². The molecule has 0 bridgehead atoms. The fourth-order valence-electron chi connectivity index (χ4n) is 1.08. The molecule has 0 spiro atoms. The molecule has 62 valence electrons. The van der Waals surface area contributed by atoms with Gasteiger partial charge in [-0.15, -0.1) is 0 Å². The van der Waals surface area contributed by atoms with Crippen molar-refractivity contribution in [1.29, 1.82) is 0 Å². The van der Waals surface area contributed by atoms with Crippen molar-refractivity contribution in [3.63, 3.8) is 0 Å². The van der Waals surface area contributed by atoms with Crippen LogP contribution in [0.1, 0.15) is 12.8 Å². The van der Waals surface area contributed by atoms with Crippen molar-refractivity contribution in [1.82, 2.24) is 5.32 Å². The third-order valence-electron chi connectivity index (χ3n) is 1.77. The highest BCUT2D eigenvalue weighted by Gasteiger charge is 2.10. The number of methoxy groups -OCH3 is 1. The van der Waals surface area contributed by atoms with E-state index in [0.29, 0.717) is 12.6 Å². The van der Waals surface area contributed by atoms with Crippen molar-refractivity contribution in [2.75, 3.05) is 13.7 Å². The number of carbonyl (C=O) groups excluding carboxylic acids is 1. The predicted octanol–water partition coefficient (Wildman–Crippen LogP) is 0.468. The Balaban J connectivity index is 2.07. The van der Waals surface area contributed by atoms with Gasteiger partial charge in [-0.2, -0.15) is 0 Å². The molecule has 0 aliphatic heterocycles. The molecular weight excluding hydrogens is 142 g/mol. The maximum absolute atomic E-state index is 10.7. The molecule has 0 saturated carbocycles. The number of hydrogen-bond acceptors (Lipinski definition) is 3. The minimum absolute atomic E-state index is 0.197. The van der Waals surface area contributed by atoms with E-state index in [1.165, 1.54) is 7.11 Å². The Bertz CT molecular complexity index is 157. The topological polar surface area (TPSA) is 38.3 Å². The molecule has 1 aliphatic rings. The van der Waals surface area contributed by atoms with E-state index in [-0.39, 0.29) is 5.97 Å². The molecule has 0 heterocycles. The fourth-order valence-corrected chi connectivity index (χ4v) is 1.08. The van der Waals surface area contributed by atoms with Crippen molar-refractivity contribution in [3.8, 4) is 0 Å². The molecule has 3 heteroatoms. The van der Waals surface area contributed by atoms with Crippen LogP contribution in [-0.2, 0) is 9.53 Å². The Hall–Kier alpha value is -0.830. The van der Waals surface area contributed by atoms with Gasteiger partial charge in [0.1, 0.15) is 0 Å². The molecule has 0 atom stereocenters. The quantitative estimate of drug-likeness (QED) is 0.475. The van der Waals surface area contributed by atoms with Crippen LogP contribution in [0.5, 0.6) is 0 Å². The maximum atomic E-state index is 10.7. The third kappa shape index (κ3) is 2.72. The predicted molar refractivity (Wildman–Crippen MR) is 42.2 cm³/mol. The fraction of sp³-hybridized carbons (Fsp3) is 0.625. The molecule has 11 heavy (non-hydrogen) atoms. The molecule has 0 aromatic rings. The van der Waals surface area contributed by atoms with Crippen LogP contribution in [0, 0.1) is 0 Å². The first kappa shape index (κ1) is 8.27. The van der Waals surface area contributed by atoms with E-state index in [0.717, 1.165) is 12.8 Å². The Morgan fingerprint density at radius 1 is 1.64 bits per heavy atom. The second-order valence-corrected chi connectivity index (χ2v) is 2.60. The smallest absolute Gasteiger partial charge is 0.319 e. The normalized spacial score (nSPS) is 17.2. The molecule has 3 nitrogen and oxygen atoms in total. The molecule has 1 N–H and O–H groups in total. The van der Waals surface area contributed by atoms with Crippen molar-refractivity contribution in [2.24, 2.45) is 0 Å². The summed E-state index contributed by atoms with van der Waals surface area (Å²) in [7, 11) is 1.40. The van der Waals surface area contributed by atoms with Crippen LogP contribution < -0.4 is 5.32 Å². The number of carbonyl (C=O) groups is 1. The summed E-state index contributed by atoms with van der Waals surface area (Å²) in [6, 6.07) is 0.439. The summed E-state index contributed by atoms with van der Waals surface area (Å²) < 4.78 is 4.49. The lowest BCUT2D eigenvalue weighted by Gasteiger charge is -2.09. The molecule has 0 aromatic carbocycles. The molecule has 1 aliphatic carbocycles. The number of esters is 1. The molecule has 0 unspecified atom stereocenters. The van der Waals surface area contributed by atoms with Crippen LogP contribution in [-0.4, -0.2) is 25.7 Å². The molecular formula is C8H13NO2. The van der Waals surface area contributed by atoms with E-state index in [1.807, 2.05) is 0 Å². The average molecular weight is 155 g/mol. The molecule has 0 amide bonds. The average Bonchev–Trinajstić information content (AvgIpc) is 2.52. The van der Waals surface area contributed by atoms with E-state index < -0.39 is 0 Å². The summed E-state index contributed by atoms with van der Waals surface area (Å²) >= 11 is 0. The van der Waals surface area contributed by atoms with Crippen LogP contribution in [0.4, 0.5) is 0 Å². The van der Waals surface area contributed by atoms with E-state index in [4.69, 9.17) is 0 Å². The van der Waals surface area contributed by atoms with Crippen LogP contribution in [0.2, 0.25) is 0 Å². The van der Waals surface area contributed by atoms with Crippen LogP contribution in [0.15, 0.2) is 12.2 Å². The first-order chi connectivity index (χ1) is 5.33. The summed E-state index contributed by atoms with van der Waals surface area (Å²) in [5.74, 6) is -0.197. The third-order valence-corrected chi connectivity index (χ3v) is 1.77. The summed E-state index contributed by atoms with van der Waals surface area (Å²) in [5.41, 5.74) is 0. The minimum Gasteiger partial charge on any atom is -0.468 e. The Morgan fingerprint density at radius 3 is 2.82 bits per heavy atom. The first-order valence-corrected chi connectivity index (χ1v) is 3.78. The van der Waals surface area contributed by atoms with Gasteiger partial charge < -0.3 is 10.1 Å². The van der Waals surface area contributed by atoms with Crippen LogP contribution in [0.25, 0.3) is 0 Å². The van der Waals surface area contributed by atoms with Gasteiger partial charge in [-0.1, -0.05) is 12.2 Å². The van der Waals surface area contributed by atoms with Crippen LogP contribution in [0.3, 0.4) is 0 Å². The second kappa shape index (κ2) is 4.13. The minimum atomic E-state index is -0.197. The van der Waals surface area contributed by atoms with Gasteiger partial charge in [-0.05, 0) is 12.8 Å².